The van der Waals surface area contributed by atoms with Gasteiger partial charge in [-0.1, -0.05) is 25.7 Å². The highest BCUT2D eigenvalue weighted by Gasteiger charge is 2.22. The van der Waals surface area contributed by atoms with E-state index in [0.717, 1.165) is 6.42 Å². The second-order valence-electron chi connectivity index (χ2n) is 4.49. The monoisotopic (exact) mass is 221 g/mol. The lowest BCUT2D eigenvalue weighted by Gasteiger charge is -2.16. The van der Waals surface area contributed by atoms with E-state index in [0.29, 0.717) is 17.4 Å². The van der Waals surface area contributed by atoms with Crippen LogP contribution in [0, 0.1) is 5.92 Å². The third-order valence-corrected chi connectivity index (χ3v) is 3.37. The molecule has 0 saturated heterocycles. The maximum Gasteiger partial charge on any atom is 0.143 e. The summed E-state index contributed by atoms with van der Waals surface area (Å²) in [6.45, 7) is 0. The molecule has 2 rings (SSSR count). The molecule has 0 spiro atoms. The SMILES string of the molecule is COc1cccnc1C(O)CC1CCCC1. The lowest BCUT2D eigenvalue weighted by atomic mass is 9.98. The largest absolute Gasteiger partial charge is 0.495 e. The van der Waals surface area contributed by atoms with Crippen molar-refractivity contribution in [3.63, 3.8) is 0 Å². The first-order valence-electron chi connectivity index (χ1n) is 5.98. The van der Waals surface area contributed by atoms with Gasteiger partial charge < -0.3 is 9.84 Å². The Kier molecular flexibility index (Phi) is 3.78. The average molecular weight is 221 g/mol. The summed E-state index contributed by atoms with van der Waals surface area (Å²) in [5, 5.41) is 10.2. The Hall–Kier alpha value is -1.09. The van der Waals surface area contributed by atoms with Crippen molar-refractivity contribution < 1.29 is 9.84 Å². The van der Waals surface area contributed by atoms with Crippen LogP contribution in [0.1, 0.15) is 43.9 Å². The Labute approximate surface area is 96.5 Å². The maximum atomic E-state index is 10.2. The van der Waals surface area contributed by atoms with Crippen molar-refractivity contribution in [3.8, 4) is 5.75 Å². The van der Waals surface area contributed by atoms with Crippen molar-refractivity contribution in [1.82, 2.24) is 4.98 Å². The van der Waals surface area contributed by atoms with E-state index < -0.39 is 6.10 Å². The van der Waals surface area contributed by atoms with Gasteiger partial charge in [-0.2, -0.15) is 0 Å². The number of aliphatic hydroxyl groups excluding tert-OH is 1. The summed E-state index contributed by atoms with van der Waals surface area (Å²) in [6, 6.07) is 3.67. The summed E-state index contributed by atoms with van der Waals surface area (Å²) in [5.41, 5.74) is 0.678. The molecule has 0 bridgehead atoms. The molecule has 1 aliphatic carbocycles. The van der Waals surface area contributed by atoms with Gasteiger partial charge in [0.1, 0.15) is 11.4 Å². The van der Waals surface area contributed by atoms with Gasteiger partial charge in [0.05, 0.1) is 13.2 Å². The van der Waals surface area contributed by atoms with Crippen LogP contribution in [-0.2, 0) is 0 Å². The van der Waals surface area contributed by atoms with Gasteiger partial charge in [-0.3, -0.25) is 4.98 Å². The van der Waals surface area contributed by atoms with Crippen molar-refractivity contribution in [1.29, 1.82) is 0 Å². The number of nitrogens with zero attached hydrogens (tertiary/aromatic N) is 1. The molecule has 3 nitrogen and oxygen atoms in total. The molecular formula is C13H19NO2. The van der Waals surface area contributed by atoms with Crippen molar-refractivity contribution in [2.45, 2.75) is 38.2 Å². The van der Waals surface area contributed by atoms with Crippen LogP contribution in [-0.4, -0.2) is 17.2 Å². The van der Waals surface area contributed by atoms with Crippen LogP contribution in [0.25, 0.3) is 0 Å². The molecule has 3 heteroatoms. The van der Waals surface area contributed by atoms with Crippen molar-refractivity contribution in [3.05, 3.63) is 24.0 Å². The maximum absolute atomic E-state index is 10.2. The molecule has 1 N–H and O–H groups in total. The van der Waals surface area contributed by atoms with E-state index in [2.05, 4.69) is 4.98 Å². The van der Waals surface area contributed by atoms with E-state index in [4.69, 9.17) is 4.74 Å². The third kappa shape index (κ3) is 2.53. The van der Waals surface area contributed by atoms with E-state index in [-0.39, 0.29) is 0 Å². The first-order chi connectivity index (χ1) is 7.81. The van der Waals surface area contributed by atoms with Crippen LogP contribution in [0.2, 0.25) is 0 Å². The van der Waals surface area contributed by atoms with Crippen LogP contribution >= 0.6 is 0 Å². The fourth-order valence-electron chi connectivity index (χ4n) is 2.50. The average Bonchev–Trinajstić information content (AvgIpc) is 2.81. The van der Waals surface area contributed by atoms with Gasteiger partial charge in [0.2, 0.25) is 0 Å². The van der Waals surface area contributed by atoms with Crippen LogP contribution in [0.5, 0.6) is 5.75 Å². The fourth-order valence-corrected chi connectivity index (χ4v) is 2.50. The molecule has 0 radical (unpaired) electrons. The number of rotatable bonds is 4. The third-order valence-electron chi connectivity index (χ3n) is 3.37. The molecule has 1 aromatic heterocycles. The molecule has 0 amide bonds. The zero-order chi connectivity index (χ0) is 11.4. The van der Waals surface area contributed by atoms with Gasteiger partial charge >= 0.3 is 0 Å². The molecule has 1 aliphatic rings. The lowest BCUT2D eigenvalue weighted by Crippen LogP contribution is -2.07. The predicted molar refractivity (Wildman–Crippen MR) is 62.3 cm³/mol. The van der Waals surface area contributed by atoms with Crippen LogP contribution < -0.4 is 4.74 Å². The number of hydrogen-bond acceptors (Lipinski definition) is 3. The minimum Gasteiger partial charge on any atom is -0.495 e. The normalized spacial score (nSPS) is 18.6. The van der Waals surface area contributed by atoms with E-state index in [9.17, 15) is 5.11 Å². The quantitative estimate of drug-likeness (QED) is 0.850. The smallest absolute Gasteiger partial charge is 0.143 e. The predicted octanol–water partition coefficient (Wildman–Crippen LogP) is 2.70. The number of aromatic nitrogens is 1. The number of aliphatic hydroxyl groups is 1. The molecule has 16 heavy (non-hydrogen) atoms. The van der Waals surface area contributed by atoms with Crippen molar-refractivity contribution in [2.24, 2.45) is 5.92 Å². The zero-order valence-corrected chi connectivity index (χ0v) is 9.72. The highest BCUT2D eigenvalue weighted by atomic mass is 16.5. The summed E-state index contributed by atoms with van der Waals surface area (Å²) in [4.78, 5) is 4.22. The van der Waals surface area contributed by atoms with Gasteiger partial charge in [-0.05, 0) is 24.5 Å². The summed E-state index contributed by atoms with van der Waals surface area (Å²) in [6.07, 6.45) is 7.12. The summed E-state index contributed by atoms with van der Waals surface area (Å²) < 4.78 is 5.21. The minimum absolute atomic E-state index is 0.487. The molecule has 1 aromatic rings. The second kappa shape index (κ2) is 5.30. The van der Waals surface area contributed by atoms with Crippen LogP contribution in [0.3, 0.4) is 0 Å². The Balaban J connectivity index is 2.04. The fraction of sp³-hybridized carbons (Fsp3) is 0.615. The molecule has 1 atom stereocenters. The van der Waals surface area contributed by atoms with Crippen LogP contribution in [0.4, 0.5) is 0 Å². The Morgan fingerprint density at radius 1 is 1.50 bits per heavy atom. The van der Waals surface area contributed by atoms with Gasteiger partial charge in [-0.15, -0.1) is 0 Å². The standard InChI is InChI=1S/C13H19NO2/c1-16-12-7-4-8-14-13(12)11(15)9-10-5-2-3-6-10/h4,7-8,10-11,15H,2-3,5-6,9H2,1H3. The summed E-state index contributed by atoms with van der Waals surface area (Å²) >= 11 is 0. The number of hydrogen-bond donors (Lipinski definition) is 1. The molecule has 88 valence electrons. The number of pyridine rings is 1. The molecule has 1 heterocycles. The Morgan fingerprint density at radius 3 is 2.94 bits per heavy atom. The highest BCUT2D eigenvalue weighted by Crippen LogP contribution is 2.34. The Morgan fingerprint density at radius 2 is 2.25 bits per heavy atom. The number of ether oxygens (including phenoxy) is 1. The van der Waals surface area contributed by atoms with E-state index >= 15 is 0 Å². The van der Waals surface area contributed by atoms with E-state index in [1.807, 2.05) is 12.1 Å². The lowest BCUT2D eigenvalue weighted by molar-refractivity contribution is 0.137. The van der Waals surface area contributed by atoms with Gasteiger partial charge in [-0.25, -0.2) is 0 Å². The second-order valence-corrected chi connectivity index (χ2v) is 4.49. The first kappa shape index (κ1) is 11.4. The summed E-state index contributed by atoms with van der Waals surface area (Å²) in [5.74, 6) is 1.34. The first-order valence-corrected chi connectivity index (χ1v) is 5.98. The molecular weight excluding hydrogens is 202 g/mol. The molecule has 1 fully saturated rings. The molecule has 0 aliphatic heterocycles. The van der Waals surface area contributed by atoms with E-state index in [1.54, 1.807) is 13.3 Å². The summed E-state index contributed by atoms with van der Waals surface area (Å²) in [7, 11) is 1.61. The van der Waals surface area contributed by atoms with Crippen LogP contribution in [0.15, 0.2) is 18.3 Å². The zero-order valence-electron chi connectivity index (χ0n) is 9.72. The highest BCUT2D eigenvalue weighted by molar-refractivity contribution is 5.28. The molecule has 0 aromatic carbocycles. The van der Waals surface area contributed by atoms with Gasteiger partial charge in [0, 0.05) is 6.20 Å². The van der Waals surface area contributed by atoms with Crippen molar-refractivity contribution in [2.75, 3.05) is 7.11 Å². The van der Waals surface area contributed by atoms with Crippen molar-refractivity contribution >= 4 is 0 Å². The minimum atomic E-state index is -0.487. The number of methoxy groups -OCH3 is 1. The van der Waals surface area contributed by atoms with E-state index in [1.165, 1.54) is 25.7 Å². The molecule has 1 unspecified atom stereocenters. The topological polar surface area (TPSA) is 42.4 Å². The Bertz CT molecular complexity index is 334. The van der Waals surface area contributed by atoms with Gasteiger partial charge in [0.15, 0.2) is 0 Å². The van der Waals surface area contributed by atoms with Gasteiger partial charge in [0.25, 0.3) is 0 Å². The molecule has 1 saturated carbocycles.